The molecule has 0 spiro atoms. The van der Waals surface area contributed by atoms with Gasteiger partial charge in [0.1, 0.15) is 0 Å². The normalized spacial score (nSPS) is 19.2. The van der Waals surface area contributed by atoms with E-state index in [2.05, 4.69) is 24.3 Å². The number of hydrogen-bond donors (Lipinski definition) is 0. The lowest BCUT2D eigenvalue weighted by Crippen LogP contribution is -2.46. The van der Waals surface area contributed by atoms with Gasteiger partial charge in [-0.05, 0) is 23.1 Å². The molecule has 26 heavy (non-hydrogen) atoms. The van der Waals surface area contributed by atoms with Crippen LogP contribution in [0.25, 0.3) is 11.1 Å². The molecule has 0 N–H and O–H groups in total. The maximum Gasteiger partial charge on any atom is 0.261 e. The molecular weight excluding hydrogens is 329 g/mol. The maximum absolute atomic E-state index is 14.8. The van der Waals surface area contributed by atoms with Crippen molar-refractivity contribution in [1.82, 2.24) is 9.80 Å². The highest BCUT2D eigenvalue weighted by Gasteiger charge is 2.46. The van der Waals surface area contributed by atoms with Crippen LogP contribution in [0.3, 0.4) is 0 Å². The maximum atomic E-state index is 14.8. The number of carbonyl (C=O) groups is 1. The third kappa shape index (κ3) is 3.85. The molecule has 0 aromatic heterocycles. The number of alkyl halides is 1. The van der Waals surface area contributed by atoms with Crippen LogP contribution in [-0.2, 0) is 11.2 Å². The van der Waals surface area contributed by atoms with Gasteiger partial charge in [-0.25, -0.2) is 4.39 Å². The van der Waals surface area contributed by atoms with E-state index in [0.717, 1.165) is 16.7 Å². The fourth-order valence-electron chi connectivity index (χ4n) is 3.31. The first kappa shape index (κ1) is 17.9. The highest BCUT2D eigenvalue weighted by Crippen LogP contribution is 2.27. The van der Waals surface area contributed by atoms with Crippen LogP contribution in [0.4, 0.5) is 4.39 Å². The summed E-state index contributed by atoms with van der Waals surface area (Å²) in [5.41, 5.74) is 1.42. The van der Waals surface area contributed by atoms with Gasteiger partial charge in [0.05, 0.1) is 6.54 Å². The zero-order valence-electron chi connectivity index (χ0n) is 14.9. The van der Waals surface area contributed by atoms with Gasteiger partial charge in [0.25, 0.3) is 5.91 Å². The molecule has 2 aromatic carbocycles. The number of nitriles is 1. The molecule has 1 fully saturated rings. The van der Waals surface area contributed by atoms with E-state index in [1.54, 1.807) is 7.05 Å². The van der Waals surface area contributed by atoms with Crippen molar-refractivity contribution >= 4 is 5.91 Å². The minimum atomic E-state index is -1.95. The minimum absolute atomic E-state index is 0.0766. The largest absolute Gasteiger partial charge is 0.343 e. The van der Waals surface area contributed by atoms with Crippen molar-refractivity contribution in [2.75, 3.05) is 26.7 Å². The van der Waals surface area contributed by atoms with Crippen molar-refractivity contribution in [3.63, 3.8) is 0 Å². The SMILES string of the molecule is CN(CCc1cccc(-c2ccccc2)c1)C(=O)C1(F)CCN(C#N)C1. The Balaban J connectivity index is 1.62. The summed E-state index contributed by atoms with van der Waals surface area (Å²) in [5, 5.41) is 8.87. The van der Waals surface area contributed by atoms with Crippen LogP contribution in [0.1, 0.15) is 12.0 Å². The Labute approximate surface area is 153 Å². The summed E-state index contributed by atoms with van der Waals surface area (Å²) in [6.07, 6.45) is 2.65. The van der Waals surface area contributed by atoms with E-state index < -0.39 is 11.6 Å². The van der Waals surface area contributed by atoms with Gasteiger partial charge >= 0.3 is 0 Å². The second-order valence-corrected chi connectivity index (χ2v) is 6.78. The first-order chi connectivity index (χ1) is 12.5. The summed E-state index contributed by atoms with van der Waals surface area (Å²) in [7, 11) is 1.62. The first-order valence-corrected chi connectivity index (χ1v) is 8.75. The molecule has 1 aliphatic rings. The number of hydrogen-bond acceptors (Lipinski definition) is 3. The van der Waals surface area contributed by atoms with Gasteiger partial charge < -0.3 is 9.80 Å². The molecular formula is C21H22FN3O. The monoisotopic (exact) mass is 351 g/mol. The van der Waals surface area contributed by atoms with E-state index in [0.29, 0.717) is 19.5 Å². The van der Waals surface area contributed by atoms with Gasteiger partial charge in [-0.2, -0.15) is 5.26 Å². The second-order valence-electron chi connectivity index (χ2n) is 6.78. The number of halogens is 1. The number of carbonyl (C=O) groups excluding carboxylic acids is 1. The highest BCUT2D eigenvalue weighted by atomic mass is 19.1. The number of rotatable bonds is 5. The van der Waals surface area contributed by atoms with Gasteiger partial charge in [-0.1, -0.05) is 54.6 Å². The van der Waals surface area contributed by atoms with E-state index in [4.69, 9.17) is 5.26 Å². The van der Waals surface area contributed by atoms with Crippen molar-refractivity contribution in [1.29, 1.82) is 5.26 Å². The van der Waals surface area contributed by atoms with Gasteiger partial charge in [-0.3, -0.25) is 4.79 Å². The Hall–Kier alpha value is -2.87. The van der Waals surface area contributed by atoms with Crippen LogP contribution < -0.4 is 0 Å². The fraction of sp³-hybridized carbons (Fsp3) is 0.333. The van der Waals surface area contributed by atoms with E-state index >= 15 is 0 Å². The number of nitrogens with zero attached hydrogens (tertiary/aromatic N) is 3. The summed E-state index contributed by atoms with van der Waals surface area (Å²) in [6.45, 7) is 0.594. The van der Waals surface area contributed by atoms with E-state index in [1.165, 1.54) is 9.80 Å². The Kier molecular flexibility index (Phi) is 5.22. The van der Waals surface area contributed by atoms with Crippen LogP contribution >= 0.6 is 0 Å². The smallest absolute Gasteiger partial charge is 0.261 e. The van der Waals surface area contributed by atoms with Gasteiger partial charge in [-0.15, -0.1) is 0 Å². The topological polar surface area (TPSA) is 47.3 Å². The Morgan fingerprint density at radius 3 is 2.65 bits per heavy atom. The molecule has 1 heterocycles. The fourth-order valence-corrected chi connectivity index (χ4v) is 3.31. The molecule has 0 bridgehead atoms. The number of benzene rings is 2. The Morgan fingerprint density at radius 1 is 1.23 bits per heavy atom. The lowest BCUT2D eigenvalue weighted by atomic mass is 10.0. The molecule has 2 aromatic rings. The van der Waals surface area contributed by atoms with Gasteiger partial charge in [0.2, 0.25) is 5.67 Å². The van der Waals surface area contributed by atoms with E-state index in [9.17, 15) is 9.18 Å². The summed E-state index contributed by atoms with van der Waals surface area (Å²) < 4.78 is 14.8. The molecule has 1 atom stereocenters. The van der Waals surface area contributed by atoms with Crippen molar-refractivity contribution < 1.29 is 9.18 Å². The molecule has 3 rings (SSSR count). The Bertz CT molecular complexity index is 818. The van der Waals surface area contributed by atoms with Crippen molar-refractivity contribution in [3.8, 4) is 17.3 Å². The predicted octanol–water partition coefficient (Wildman–Crippen LogP) is 3.25. The van der Waals surface area contributed by atoms with E-state index in [1.807, 2.05) is 36.5 Å². The third-order valence-corrected chi connectivity index (χ3v) is 4.86. The summed E-state index contributed by atoms with van der Waals surface area (Å²) in [4.78, 5) is 15.2. The third-order valence-electron chi connectivity index (χ3n) is 4.86. The van der Waals surface area contributed by atoms with Crippen LogP contribution in [0, 0.1) is 11.5 Å². The van der Waals surface area contributed by atoms with Crippen molar-refractivity contribution in [2.24, 2.45) is 0 Å². The van der Waals surface area contributed by atoms with Gasteiger partial charge in [0, 0.05) is 26.6 Å². The summed E-state index contributed by atoms with van der Waals surface area (Å²) in [6, 6.07) is 18.3. The molecule has 134 valence electrons. The molecule has 1 amide bonds. The Morgan fingerprint density at radius 2 is 1.96 bits per heavy atom. The molecule has 5 heteroatoms. The molecule has 0 saturated carbocycles. The zero-order valence-corrected chi connectivity index (χ0v) is 14.9. The minimum Gasteiger partial charge on any atom is -0.343 e. The van der Waals surface area contributed by atoms with E-state index in [-0.39, 0.29) is 13.0 Å². The molecule has 4 nitrogen and oxygen atoms in total. The van der Waals surface area contributed by atoms with Gasteiger partial charge in [0.15, 0.2) is 6.19 Å². The van der Waals surface area contributed by atoms with Crippen LogP contribution in [0.2, 0.25) is 0 Å². The number of likely N-dealkylation sites (tertiary alicyclic amines) is 1. The first-order valence-electron chi connectivity index (χ1n) is 8.75. The average Bonchev–Trinajstić information content (AvgIpc) is 3.09. The van der Waals surface area contributed by atoms with Crippen LogP contribution in [-0.4, -0.2) is 48.1 Å². The quantitative estimate of drug-likeness (QED) is 0.777. The van der Waals surface area contributed by atoms with Crippen molar-refractivity contribution in [3.05, 3.63) is 60.2 Å². The highest BCUT2D eigenvalue weighted by molar-refractivity contribution is 5.85. The van der Waals surface area contributed by atoms with Crippen LogP contribution in [0.5, 0.6) is 0 Å². The average molecular weight is 351 g/mol. The molecule has 0 radical (unpaired) electrons. The predicted molar refractivity (Wildman–Crippen MR) is 98.9 cm³/mol. The second kappa shape index (κ2) is 7.57. The van der Waals surface area contributed by atoms with Crippen LogP contribution in [0.15, 0.2) is 54.6 Å². The molecule has 0 aliphatic carbocycles. The zero-order chi connectivity index (χ0) is 18.6. The number of amides is 1. The lowest BCUT2D eigenvalue weighted by molar-refractivity contribution is -0.141. The molecule has 1 saturated heterocycles. The standard InChI is InChI=1S/C21H22FN3O/c1-24(20(26)21(22)11-13-25(15-21)16-23)12-10-17-6-5-9-19(14-17)18-7-3-2-4-8-18/h2-9,14H,10-13,15H2,1H3. The molecule has 1 aliphatic heterocycles. The summed E-state index contributed by atoms with van der Waals surface area (Å²) in [5.74, 6) is -0.533. The lowest BCUT2D eigenvalue weighted by Gasteiger charge is -2.25. The number of likely N-dealkylation sites (N-methyl/N-ethyl adjacent to an activating group) is 1. The molecule has 1 unspecified atom stereocenters. The summed E-state index contributed by atoms with van der Waals surface area (Å²) >= 11 is 0. The van der Waals surface area contributed by atoms with Crippen molar-refractivity contribution in [2.45, 2.75) is 18.5 Å².